The van der Waals surface area contributed by atoms with Crippen molar-refractivity contribution in [3.63, 3.8) is 0 Å². The van der Waals surface area contributed by atoms with E-state index in [1.54, 1.807) is 53.2 Å². The molecule has 1 atom stereocenters. The Kier molecular flexibility index (Phi) is 8.96. The Morgan fingerprint density at radius 1 is 0.953 bits per heavy atom. The number of amides is 2. The molecule has 0 aliphatic carbocycles. The van der Waals surface area contributed by atoms with Crippen LogP contribution in [0.2, 0.25) is 5.02 Å². The van der Waals surface area contributed by atoms with E-state index in [9.17, 15) is 13.2 Å². The number of hydrogen-bond acceptors (Lipinski definition) is 5. The van der Waals surface area contributed by atoms with Gasteiger partial charge in [-0.2, -0.15) is 5.10 Å². The van der Waals surface area contributed by atoms with Crippen LogP contribution in [0.5, 0.6) is 0 Å². The van der Waals surface area contributed by atoms with E-state index in [1.165, 1.54) is 0 Å². The van der Waals surface area contributed by atoms with Gasteiger partial charge in [-0.1, -0.05) is 62.2 Å². The van der Waals surface area contributed by atoms with E-state index in [2.05, 4.69) is 36.7 Å². The summed E-state index contributed by atoms with van der Waals surface area (Å²) in [6.45, 7) is 9.78. The van der Waals surface area contributed by atoms with Gasteiger partial charge in [0, 0.05) is 22.2 Å². The number of aromatic nitrogens is 2. The third-order valence-corrected chi connectivity index (χ3v) is 10.3. The van der Waals surface area contributed by atoms with Crippen molar-refractivity contribution >= 4 is 39.0 Å². The van der Waals surface area contributed by atoms with Crippen molar-refractivity contribution < 1.29 is 13.2 Å². The van der Waals surface area contributed by atoms with Gasteiger partial charge in [-0.3, -0.25) is 5.32 Å². The molecular weight excluding hydrogens is 582 g/mol. The third-order valence-electron chi connectivity index (χ3n) is 7.78. The molecule has 4 aromatic rings. The fourth-order valence-corrected chi connectivity index (χ4v) is 7.61. The Labute approximate surface area is 258 Å². The molecule has 1 saturated heterocycles. The van der Waals surface area contributed by atoms with Crippen LogP contribution in [-0.4, -0.2) is 37.3 Å². The Bertz CT molecular complexity index is 1670. The highest BCUT2D eigenvalue weighted by Gasteiger charge is 2.36. The number of anilines is 2. The summed E-state index contributed by atoms with van der Waals surface area (Å²) in [7, 11) is -3.69. The molecule has 0 spiro atoms. The smallest absolute Gasteiger partial charge is 0.317 e. The molecule has 1 aliphatic rings. The summed E-state index contributed by atoms with van der Waals surface area (Å²) >= 11 is 6.04. The van der Waals surface area contributed by atoms with Gasteiger partial charge in [-0.25, -0.2) is 17.9 Å². The molecular formula is C33H38ClN5O3S. The molecule has 2 heterocycles. The summed E-state index contributed by atoms with van der Waals surface area (Å²) < 4.78 is 29.5. The van der Waals surface area contributed by atoms with Gasteiger partial charge < -0.3 is 10.6 Å². The molecule has 2 amide bonds. The maximum absolute atomic E-state index is 13.9. The lowest BCUT2D eigenvalue weighted by atomic mass is 9.90. The van der Waals surface area contributed by atoms with Crippen LogP contribution in [-0.2, 0) is 15.3 Å². The van der Waals surface area contributed by atoms with Gasteiger partial charge in [0.2, 0.25) is 0 Å². The number of rotatable bonds is 7. The lowest BCUT2D eigenvalue weighted by molar-refractivity contribution is 0.262. The lowest BCUT2D eigenvalue weighted by Crippen LogP contribution is -2.33. The zero-order valence-corrected chi connectivity index (χ0v) is 26.5. The molecule has 10 heteroatoms. The second kappa shape index (κ2) is 12.5. The van der Waals surface area contributed by atoms with Crippen LogP contribution >= 0.6 is 11.6 Å². The molecule has 0 radical (unpaired) electrons. The molecule has 226 valence electrons. The summed E-state index contributed by atoms with van der Waals surface area (Å²) in [5.74, 6) is 0.506. The number of nitrogens with one attached hydrogen (secondary N) is 3. The number of piperidine rings is 1. The molecule has 43 heavy (non-hydrogen) atoms. The van der Waals surface area contributed by atoms with Crippen molar-refractivity contribution in [2.45, 2.75) is 56.1 Å². The fraction of sp³-hybridized carbons (Fsp3) is 0.333. The molecule has 0 saturated carbocycles. The first-order valence-corrected chi connectivity index (χ1v) is 16.4. The van der Waals surface area contributed by atoms with Crippen LogP contribution < -0.4 is 16.0 Å². The van der Waals surface area contributed by atoms with E-state index in [0.29, 0.717) is 22.1 Å². The number of carbonyl (C=O) groups excluding carboxylic acids is 1. The van der Waals surface area contributed by atoms with Crippen LogP contribution in [0.25, 0.3) is 5.69 Å². The van der Waals surface area contributed by atoms with Crippen LogP contribution in [0.3, 0.4) is 0 Å². The molecule has 3 aromatic carbocycles. The van der Waals surface area contributed by atoms with Gasteiger partial charge >= 0.3 is 6.03 Å². The van der Waals surface area contributed by atoms with Gasteiger partial charge in [0.25, 0.3) is 0 Å². The van der Waals surface area contributed by atoms with Crippen molar-refractivity contribution in [1.29, 1.82) is 0 Å². The Morgan fingerprint density at radius 3 is 2.19 bits per heavy atom. The monoisotopic (exact) mass is 619 g/mol. The van der Waals surface area contributed by atoms with Crippen LogP contribution in [0.15, 0.2) is 83.8 Å². The Morgan fingerprint density at radius 2 is 1.58 bits per heavy atom. The number of halogens is 1. The van der Waals surface area contributed by atoms with E-state index in [1.807, 2.05) is 37.3 Å². The number of aryl methyl sites for hydroxylation is 1. The molecule has 8 nitrogen and oxygen atoms in total. The fourth-order valence-electron chi connectivity index (χ4n) is 5.38. The predicted molar refractivity (Wildman–Crippen MR) is 173 cm³/mol. The van der Waals surface area contributed by atoms with E-state index in [-0.39, 0.29) is 16.2 Å². The summed E-state index contributed by atoms with van der Waals surface area (Å²) in [6, 6.07) is 22.8. The maximum Gasteiger partial charge on any atom is 0.324 e. The number of sulfone groups is 1. The molecule has 5 rings (SSSR count). The number of hydrogen-bond donors (Lipinski definition) is 3. The lowest BCUT2D eigenvalue weighted by Gasteiger charge is -2.31. The molecule has 1 aromatic heterocycles. The third kappa shape index (κ3) is 7.12. The number of urea groups is 1. The van der Waals surface area contributed by atoms with Crippen LogP contribution in [0, 0.1) is 12.8 Å². The minimum atomic E-state index is -3.69. The van der Waals surface area contributed by atoms with Crippen molar-refractivity contribution in [3.8, 4) is 5.69 Å². The van der Waals surface area contributed by atoms with Gasteiger partial charge in [0.1, 0.15) is 5.82 Å². The summed E-state index contributed by atoms with van der Waals surface area (Å²) in [6.07, 6.45) is 1.51. The van der Waals surface area contributed by atoms with Gasteiger partial charge in [-0.15, -0.1) is 0 Å². The minimum Gasteiger partial charge on any atom is -0.317 e. The highest BCUT2D eigenvalue weighted by Crippen LogP contribution is 2.40. The largest absolute Gasteiger partial charge is 0.324 e. The first-order chi connectivity index (χ1) is 20.4. The van der Waals surface area contributed by atoms with E-state index >= 15 is 0 Å². The molecule has 1 fully saturated rings. The number of carbonyl (C=O) groups is 1. The van der Waals surface area contributed by atoms with Crippen molar-refractivity contribution in [3.05, 3.63) is 101 Å². The van der Waals surface area contributed by atoms with Crippen LogP contribution in [0.1, 0.15) is 55.7 Å². The molecule has 1 unspecified atom stereocenters. The Hall–Kier alpha value is -3.66. The predicted octanol–water partition coefficient (Wildman–Crippen LogP) is 7.29. The SMILES string of the molecule is Cc1ccc(-n2nc(C(C)(C)C)cc2NC(=O)Nc2ccc(C(C3CCNCC3)S(=O)(=O)c3ccc(Cl)cc3)cc2)cc1. The highest BCUT2D eigenvalue weighted by atomic mass is 35.5. The van der Waals surface area contributed by atoms with E-state index < -0.39 is 21.1 Å². The summed E-state index contributed by atoms with van der Waals surface area (Å²) in [4.78, 5) is 13.4. The van der Waals surface area contributed by atoms with Crippen molar-refractivity contribution in [1.82, 2.24) is 15.1 Å². The van der Waals surface area contributed by atoms with Crippen molar-refractivity contribution in [2.24, 2.45) is 5.92 Å². The Balaban J connectivity index is 1.37. The maximum atomic E-state index is 13.9. The molecule has 1 aliphatic heterocycles. The second-order valence-electron chi connectivity index (χ2n) is 12.1. The average Bonchev–Trinajstić information content (AvgIpc) is 3.39. The first kappa shape index (κ1) is 30.8. The van der Waals surface area contributed by atoms with E-state index in [4.69, 9.17) is 16.7 Å². The number of nitrogens with zero attached hydrogens (tertiary/aromatic N) is 2. The molecule has 3 N–H and O–H groups in total. The number of benzene rings is 3. The molecule has 0 bridgehead atoms. The first-order valence-electron chi connectivity index (χ1n) is 14.5. The highest BCUT2D eigenvalue weighted by molar-refractivity contribution is 7.91. The van der Waals surface area contributed by atoms with Gasteiger partial charge in [0.15, 0.2) is 9.84 Å². The quantitative estimate of drug-likeness (QED) is 0.201. The minimum absolute atomic E-state index is 0.0388. The van der Waals surface area contributed by atoms with Crippen LogP contribution in [0.4, 0.5) is 16.3 Å². The normalized spacial score (nSPS) is 15.2. The van der Waals surface area contributed by atoms with Crippen molar-refractivity contribution in [2.75, 3.05) is 23.7 Å². The van der Waals surface area contributed by atoms with Gasteiger partial charge in [-0.05, 0) is 92.9 Å². The average molecular weight is 620 g/mol. The zero-order valence-electron chi connectivity index (χ0n) is 24.9. The zero-order chi connectivity index (χ0) is 30.8. The topological polar surface area (TPSA) is 105 Å². The van der Waals surface area contributed by atoms with E-state index in [0.717, 1.165) is 42.9 Å². The standard InChI is InChI=1S/C33H38ClN5O3S/c1-22-5-13-27(14-6-22)39-30(21-29(38-39)33(2,3)4)37-32(40)36-26-11-7-23(8-12-26)31(24-17-19-35-20-18-24)43(41,42)28-15-9-25(34)10-16-28/h5-16,21,24,31,35H,17-20H2,1-4H3,(H2,36,37,40). The second-order valence-corrected chi connectivity index (χ2v) is 14.6. The summed E-state index contributed by atoms with van der Waals surface area (Å²) in [5, 5.41) is 13.7. The van der Waals surface area contributed by atoms with Gasteiger partial charge in [0.05, 0.1) is 21.5 Å². The summed E-state index contributed by atoms with van der Waals surface area (Å²) in [5.41, 5.74) is 3.85.